The van der Waals surface area contributed by atoms with E-state index >= 15 is 0 Å². The molecule has 0 N–H and O–H groups in total. The van der Waals surface area contributed by atoms with Crippen LogP contribution in [0.2, 0.25) is 18.1 Å². The first-order valence-corrected chi connectivity index (χ1v) is 20.8. The van der Waals surface area contributed by atoms with Crippen molar-refractivity contribution < 1.29 is 53.9 Å². The van der Waals surface area contributed by atoms with Crippen molar-refractivity contribution >= 4 is 24.4 Å². The van der Waals surface area contributed by atoms with E-state index in [1.807, 2.05) is 67.6 Å². The summed E-state index contributed by atoms with van der Waals surface area (Å²) in [5.41, 5.74) is -6.48. The van der Waals surface area contributed by atoms with Gasteiger partial charge in [-0.25, -0.2) is 0 Å². The van der Waals surface area contributed by atoms with Crippen molar-refractivity contribution in [1.29, 1.82) is 0 Å². The summed E-state index contributed by atoms with van der Waals surface area (Å²) < 4.78 is 99.6. The monoisotopic (exact) mass is 744 g/mol. The van der Waals surface area contributed by atoms with E-state index in [-0.39, 0.29) is 37.5 Å². The van der Waals surface area contributed by atoms with Gasteiger partial charge >= 0.3 is 21.6 Å². The Kier molecular flexibility index (Phi) is 13.6. The second-order valence-corrected chi connectivity index (χ2v) is 21.1. The summed E-state index contributed by atoms with van der Waals surface area (Å²) in [5.74, 6) is -1.16. The van der Waals surface area contributed by atoms with E-state index < -0.39 is 71.6 Å². The minimum Gasteiger partial charge on any atom is -0.469 e. The standard InChI is InChI=1S/C36H51F3O9SSi/c1-26(47-49(41,42)36(37,38)39)21-35(6)31(45-25-28-18-14-11-15-19-28)20-29(44-24-27-16-12-10-13-17-27)30(46-35)22-34(5,23-32(40)43-7)48-50(8,9)33(2,3)4/h10-19,29-31H,1,20-25H2,2-9H3/t29-,30+,31+,34?,35-/m1/s1. The highest BCUT2D eigenvalue weighted by atomic mass is 32.2. The Morgan fingerprint density at radius 3 is 1.96 bits per heavy atom. The molecule has 14 heteroatoms. The van der Waals surface area contributed by atoms with E-state index in [0.29, 0.717) is 0 Å². The third kappa shape index (κ3) is 11.4. The molecule has 0 amide bonds. The van der Waals surface area contributed by atoms with Crippen LogP contribution in [0, 0.1) is 0 Å². The van der Waals surface area contributed by atoms with Crippen LogP contribution in [0.3, 0.4) is 0 Å². The van der Waals surface area contributed by atoms with Crippen LogP contribution in [-0.2, 0) is 55.7 Å². The van der Waals surface area contributed by atoms with Gasteiger partial charge in [0.15, 0.2) is 8.32 Å². The van der Waals surface area contributed by atoms with Gasteiger partial charge in [0.05, 0.1) is 56.3 Å². The first-order valence-electron chi connectivity index (χ1n) is 16.4. The van der Waals surface area contributed by atoms with Crippen LogP contribution in [0.1, 0.15) is 71.4 Å². The van der Waals surface area contributed by atoms with Crippen molar-refractivity contribution in [1.82, 2.24) is 0 Å². The zero-order valence-corrected chi connectivity index (χ0v) is 32.0. The molecule has 1 aliphatic heterocycles. The van der Waals surface area contributed by atoms with Crippen molar-refractivity contribution in [2.75, 3.05) is 7.11 Å². The van der Waals surface area contributed by atoms with Crippen molar-refractivity contribution in [3.8, 4) is 0 Å². The highest BCUT2D eigenvalue weighted by Gasteiger charge is 2.53. The minimum absolute atomic E-state index is 0.106. The lowest BCUT2D eigenvalue weighted by Crippen LogP contribution is -2.59. The van der Waals surface area contributed by atoms with Crippen molar-refractivity contribution in [2.24, 2.45) is 0 Å². The first kappa shape index (κ1) is 41.7. The van der Waals surface area contributed by atoms with Crippen LogP contribution in [-0.4, -0.2) is 64.8 Å². The fraction of sp³-hybridized carbons (Fsp3) is 0.583. The van der Waals surface area contributed by atoms with Crippen LogP contribution in [0.25, 0.3) is 0 Å². The molecule has 3 rings (SSSR count). The summed E-state index contributed by atoms with van der Waals surface area (Å²) in [6.45, 7) is 17.6. The maximum Gasteiger partial charge on any atom is 0.534 e. The van der Waals surface area contributed by atoms with E-state index in [9.17, 15) is 26.4 Å². The summed E-state index contributed by atoms with van der Waals surface area (Å²) in [4.78, 5) is 12.8. The van der Waals surface area contributed by atoms with Crippen LogP contribution < -0.4 is 0 Å². The molecule has 1 unspecified atom stereocenters. The fourth-order valence-corrected chi connectivity index (χ4v) is 7.91. The largest absolute Gasteiger partial charge is 0.534 e. The van der Waals surface area contributed by atoms with Crippen LogP contribution in [0.4, 0.5) is 13.2 Å². The predicted octanol–water partition coefficient (Wildman–Crippen LogP) is 8.21. The van der Waals surface area contributed by atoms with Crippen LogP contribution in [0.15, 0.2) is 73.0 Å². The summed E-state index contributed by atoms with van der Waals surface area (Å²) in [6.07, 6.45) is -2.49. The molecule has 0 saturated carbocycles. The van der Waals surface area contributed by atoms with Gasteiger partial charge in [-0.05, 0) is 43.1 Å². The summed E-state index contributed by atoms with van der Waals surface area (Å²) in [7, 11) is -7.19. The average molecular weight is 745 g/mol. The number of hydrogen-bond donors (Lipinski definition) is 0. The molecule has 0 spiro atoms. The predicted molar refractivity (Wildman–Crippen MR) is 186 cm³/mol. The lowest BCUT2D eigenvalue weighted by Gasteiger charge is -2.51. The Morgan fingerprint density at radius 2 is 1.48 bits per heavy atom. The Labute approximate surface area is 295 Å². The van der Waals surface area contributed by atoms with Crippen LogP contribution >= 0.6 is 0 Å². The van der Waals surface area contributed by atoms with Crippen molar-refractivity contribution in [3.63, 3.8) is 0 Å². The second-order valence-electron chi connectivity index (χ2n) is 14.8. The molecule has 1 saturated heterocycles. The molecular weight excluding hydrogens is 694 g/mol. The maximum atomic E-state index is 13.3. The number of ether oxygens (including phenoxy) is 4. The zero-order chi connectivity index (χ0) is 37.6. The number of rotatable bonds is 16. The summed E-state index contributed by atoms with van der Waals surface area (Å²) in [6, 6.07) is 18.8. The Morgan fingerprint density at radius 1 is 0.960 bits per heavy atom. The molecule has 1 fully saturated rings. The highest BCUT2D eigenvalue weighted by Crippen LogP contribution is 2.45. The van der Waals surface area contributed by atoms with Gasteiger partial charge in [-0.1, -0.05) is 88.0 Å². The topological polar surface area (TPSA) is 107 Å². The molecule has 280 valence electrons. The number of methoxy groups -OCH3 is 1. The molecule has 0 aliphatic carbocycles. The SMILES string of the molecule is C=C(C[C@@]1(C)O[C@@H](CC(C)(CC(=O)OC)O[Si](C)(C)C(C)(C)C)[C@H](OCc2ccccc2)C[C@@H]1OCc1ccccc1)OS(=O)(=O)C(F)(F)F. The Hall–Kier alpha value is -2.75. The molecule has 5 atom stereocenters. The number of alkyl halides is 3. The zero-order valence-electron chi connectivity index (χ0n) is 30.2. The van der Waals surface area contributed by atoms with Gasteiger partial charge in [0.1, 0.15) is 5.76 Å². The number of carbonyl (C=O) groups excluding carboxylic acids is 1. The van der Waals surface area contributed by atoms with Gasteiger partial charge in [-0.3, -0.25) is 4.79 Å². The van der Waals surface area contributed by atoms with Gasteiger partial charge in [-0.2, -0.15) is 21.6 Å². The van der Waals surface area contributed by atoms with Gasteiger partial charge in [-0.15, -0.1) is 0 Å². The number of hydrogen-bond acceptors (Lipinski definition) is 9. The first-order chi connectivity index (χ1) is 23.0. The van der Waals surface area contributed by atoms with Crippen molar-refractivity contribution in [2.45, 2.75) is 127 Å². The van der Waals surface area contributed by atoms with Crippen molar-refractivity contribution in [3.05, 3.63) is 84.1 Å². The van der Waals surface area contributed by atoms with Gasteiger partial charge in [0, 0.05) is 19.3 Å². The quantitative estimate of drug-likeness (QED) is 0.0553. The molecule has 0 radical (unpaired) electrons. The average Bonchev–Trinajstić information content (AvgIpc) is 2.99. The second kappa shape index (κ2) is 16.3. The summed E-state index contributed by atoms with van der Waals surface area (Å²) >= 11 is 0. The Balaban J connectivity index is 2.05. The lowest BCUT2D eigenvalue weighted by atomic mass is 9.81. The van der Waals surface area contributed by atoms with E-state index in [2.05, 4.69) is 44.6 Å². The number of carbonyl (C=O) groups is 1. The van der Waals surface area contributed by atoms with Crippen LogP contribution in [0.5, 0.6) is 0 Å². The normalized spacial score (nSPS) is 23.1. The molecule has 0 aromatic heterocycles. The van der Waals surface area contributed by atoms with E-state index in [1.54, 1.807) is 6.92 Å². The smallest absolute Gasteiger partial charge is 0.469 e. The molecule has 0 bridgehead atoms. The molecule has 1 heterocycles. The third-order valence-corrected chi connectivity index (χ3v) is 14.9. The molecule has 2 aromatic rings. The third-order valence-electron chi connectivity index (χ3n) is 9.31. The number of benzene rings is 2. The number of halogens is 3. The molecule has 9 nitrogen and oxygen atoms in total. The van der Waals surface area contributed by atoms with Gasteiger partial charge in [0.2, 0.25) is 0 Å². The van der Waals surface area contributed by atoms with E-state index in [1.165, 1.54) is 7.11 Å². The molecule has 1 aliphatic rings. The maximum absolute atomic E-state index is 13.3. The van der Waals surface area contributed by atoms with Gasteiger partial charge in [0.25, 0.3) is 0 Å². The number of esters is 1. The highest BCUT2D eigenvalue weighted by molar-refractivity contribution is 7.87. The van der Waals surface area contributed by atoms with E-state index in [0.717, 1.165) is 11.1 Å². The minimum atomic E-state index is -5.98. The van der Waals surface area contributed by atoms with Gasteiger partial charge < -0.3 is 27.6 Å². The Bertz CT molecular complexity index is 1530. The molecule has 2 aromatic carbocycles. The molecule has 50 heavy (non-hydrogen) atoms. The lowest BCUT2D eigenvalue weighted by molar-refractivity contribution is -0.254. The fourth-order valence-electron chi connectivity index (χ4n) is 5.75. The molecular formula is C36H51F3O9SSi. The van der Waals surface area contributed by atoms with E-state index in [4.69, 9.17) is 23.4 Å². The summed E-state index contributed by atoms with van der Waals surface area (Å²) in [5, 5.41) is -0.217.